The molecule has 2 aromatic heterocycles. The number of aromatic nitrogens is 2. The number of rotatable bonds is 4. The molecule has 0 saturated heterocycles. The van der Waals surface area contributed by atoms with Crippen LogP contribution in [0.5, 0.6) is 0 Å². The third kappa shape index (κ3) is 2.69. The van der Waals surface area contributed by atoms with Crippen LogP contribution in [0.15, 0.2) is 41.8 Å². The zero-order chi connectivity index (χ0) is 14.8. The lowest BCUT2D eigenvalue weighted by Gasteiger charge is -2.13. The minimum Gasteiger partial charge on any atom is -0.349 e. The summed E-state index contributed by atoms with van der Waals surface area (Å²) in [6, 6.07) is 11.7. The van der Waals surface area contributed by atoms with Crippen LogP contribution in [0, 0.1) is 6.92 Å². The summed E-state index contributed by atoms with van der Waals surface area (Å²) in [5.74, 6) is -0.0170. The Hall–Kier alpha value is -2.14. The van der Waals surface area contributed by atoms with E-state index in [4.69, 9.17) is 0 Å². The molecule has 0 bridgehead atoms. The fraction of sp³-hybridized carbons (Fsp3) is 0.250. The van der Waals surface area contributed by atoms with Crippen molar-refractivity contribution in [3.05, 3.63) is 52.3 Å². The molecule has 0 spiro atoms. The second kappa shape index (κ2) is 5.69. The number of benzene rings is 1. The van der Waals surface area contributed by atoms with Gasteiger partial charge in [-0.15, -0.1) is 11.3 Å². The first-order chi connectivity index (χ1) is 10.2. The SMILES string of the molecule is Cc1nn([C@H](C)C(=O)NCc2cccs2)c2ccccc12. The summed E-state index contributed by atoms with van der Waals surface area (Å²) in [5.41, 5.74) is 1.94. The maximum absolute atomic E-state index is 12.3. The van der Waals surface area contributed by atoms with Crippen LogP contribution in [0.4, 0.5) is 0 Å². The van der Waals surface area contributed by atoms with E-state index in [0.717, 1.165) is 21.5 Å². The van der Waals surface area contributed by atoms with Crippen molar-refractivity contribution < 1.29 is 4.79 Å². The highest BCUT2D eigenvalue weighted by Gasteiger charge is 2.18. The van der Waals surface area contributed by atoms with Gasteiger partial charge in [0, 0.05) is 10.3 Å². The molecule has 0 fully saturated rings. The van der Waals surface area contributed by atoms with Crippen molar-refractivity contribution in [1.29, 1.82) is 0 Å². The van der Waals surface area contributed by atoms with Crippen molar-refractivity contribution in [2.75, 3.05) is 0 Å². The Labute approximate surface area is 127 Å². The van der Waals surface area contributed by atoms with Crippen LogP contribution in [0.1, 0.15) is 23.5 Å². The first kappa shape index (κ1) is 13.8. The maximum atomic E-state index is 12.3. The van der Waals surface area contributed by atoms with Crippen LogP contribution in [0.2, 0.25) is 0 Å². The zero-order valence-corrected chi connectivity index (χ0v) is 12.9. The summed E-state index contributed by atoms with van der Waals surface area (Å²) in [4.78, 5) is 13.5. The highest BCUT2D eigenvalue weighted by molar-refractivity contribution is 7.09. The van der Waals surface area contributed by atoms with E-state index in [1.807, 2.05) is 55.6 Å². The molecule has 1 aromatic carbocycles. The molecule has 2 heterocycles. The first-order valence-corrected chi connectivity index (χ1v) is 7.78. The summed E-state index contributed by atoms with van der Waals surface area (Å²) in [6.07, 6.45) is 0. The van der Waals surface area contributed by atoms with E-state index in [1.54, 1.807) is 16.0 Å². The van der Waals surface area contributed by atoms with Gasteiger partial charge in [-0.1, -0.05) is 24.3 Å². The fourth-order valence-electron chi connectivity index (χ4n) is 2.39. The lowest BCUT2D eigenvalue weighted by Crippen LogP contribution is -2.30. The Balaban J connectivity index is 1.80. The second-order valence-electron chi connectivity index (χ2n) is 5.02. The van der Waals surface area contributed by atoms with Gasteiger partial charge in [-0.05, 0) is 31.4 Å². The third-order valence-corrected chi connectivity index (χ3v) is 4.44. The molecule has 0 aliphatic heterocycles. The first-order valence-electron chi connectivity index (χ1n) is 6.91. The average molecular weight is 299 g/mol. The number of carbonyl (C=O) groups is 1. The predicted molar refractivity (Wildman–Crippen MR) is 85.3 cm³/mol. The van der Waals surface area contributed by atoms with Gasteiger partial charge < -0.3 is 5.32 Å². The second-order valence-corrected chi connectivity index (χ2v) is 6.05. The molecule has 0 saturated carbocycles. The van der Waals surface area contributed by atoms with Gasteiger partial charge in [0.15, 0.2) is 0 Å². The number of carbonyl (C=O) groups excluding carboxylic acids is 1. The number of hydrogen-bond donors (Lipinski definition) is 1. The lowest BCUT2D eigenvalue weighted by molar-refractivity contribution is -0.124. The van der Waals surface area contributed by atoms with E-state index >= 15 is 0 Å². The van der Waals surface area contributed by atoms with Gasteiger partial charge in [-0.3, -0.25) is 9.48 Å². The van der Waals surface area contributed by atoms with Crippen molar-refractivity contribution in [3.63, 3.8) is 0 Å². The third-order valence-electron chi connectivity index (χ3n) is 3.56. The van der Waals surface area contributed by atoms with Crippen molar-refractivity contribution in [3.8, 4) is 0 Å². The Bertz CT molecular complexity index is 761. The van der Waals surface area contributed by atoms with Crippen molar-refractivity contribution >= 4 is 28.1 Å². The van der Waals surface area contributed by atoms with Gasteiger partial charge >= 0.3 is 0 Å². The Morgan fingerprint density at radius 3 is 2.90 bits per heavy atom. The zero-order valence-electron chi connectivity index (χ0n) is 12.0. The van der Waals surface area contributed by atoms with Crippen LogP contribution in [-0.2, 0) is 11.3 Å². The topological polar surface area (TPSA) is 46.9 Å². The molecule has 3 rings (SSSR count). The normalized spacial score (nSPS) is 12.5. The monoisotopic (exact) mass is 299 g/mol. The highest BCUT2D eigenvalue weighted by atomic mass is 32.1. The number of nitrogens with zero attached hydrogens (tertiary/aromatic N) is 2. The molecule has 108 valence electrons. The predicted octanol–water partition coefficient (Wildman–Crippen LogP) is 3.28. The molecule has 1 atom stereocenters. The van der Waals surface area contributed by atoms with E-state index in [2.05, 4.69) is 10.4 Å². The number of para-hydroxylation sites is 1. The average Bonchev–Trinajstić information content (AvgIpc) is 3.13. The van der Waals surface area contributed by atoms with Crippen molar-refractivity contribution in [2.24, 2.45) is 0 Å². The van der Waals surface area contributed by atoms with E-state index < -0.39 is 0 Å². The van der Waals surface area contributed by atoms with Crippen LogP contribution >= 0.6 is 11.3 Å². The molecule has 4 nitrogen and oxygen atoms in total. The minimum atomic E-state index is -0.330. The van der Waals surface area contributed by atoms with Crippen LogP contribution in [-0.4, -0.2) is 15.7 Å². The van der Waals surface area contributed by atoms with Gasteiger partial charge in [0.2, 0.25) is 5.91 Å². The van der Waals surface area contributed by atoms with Crippen LogP contribution in [0.25, 0.3) is 10.9 Å². The largest absolute Gasteiger partial charge is 0.349 e. The Morgan fingerprint density at radius 1 is 1.33 bits per heavy atom. The van der Waals surface area contributed by atoms with Gasteiger partial charge in [0.25, 0.3) is 0 Å². The number of thiophene rings is 1. The number of hydrogen-bond acceptors (Lipinski definition) is 3. The number of aryl methyl sites for hydroxylation is 1. The van der Waals surface area contributed by atoms with Gasteiger partial charge in [-0.25, -0.2) is 0 Å². The van der Waals surface area contributed by atoms with Crippen LogP contribution in [0.3, 0.4) is 0 Å². The minimum absolute atomic E-state index is 0.0170. The molecule has 1 amide bonds. The molecule has 0 aliphatic carbocycles. The highest BCUT2D eigenvalue weighted by Crippen LogP contribution is 2.21. The smallest absolute Gasteiger partial charge is 0.244 e. The molecule has 5 heteroatoms. The van der Waals surface area contributed by atoms with E-state index in [-0.39, 0.29) is 11.9 Å². The quantitative estimate of drug-likeness (QED) is 0.803. The Morgan fingerprint density at radius 2 is 2.14 bits per heavy atom. The molecule has 0 unspecified atom stereocenters. The molecule has 3 aromatic rings. The van der Waals surface area contributed by atoms with E-state index in [9.17, 15) is 4.79 Å². The summed E-state index contributed by atoms with van der Waals surface area (Å²) < 4.78 is 1.80. The van der Waals surface area contributed by atoms with E-state index in [0.29, 0.717) is 6.54 Å². The van der Waals surface area contributed by atoms with Gasteiger partial charge in [-0.2, -0.15) is 5.10 Å². The van der Waals surface area contributed by atoms with Crippen molar-refractivity contribution in [1.82, 2.24) is 15.1 Å². The summed E-state index contributed by atoms with van der Waals surface area (Å²) in [6.45, 7) is 4.41. The molecular weight excluding hydrogens is 282 g/mol. The summed E-state index contributed by atoms with van der Waals surface area (Å²) in [5, 5.41) is 10.6. The molecule has 0 aliphatic rings. The van der Waals surface area contributed by atoms with Gasteiger partial charge in [0.1, 0.15) is 6.04 Å². The molecule has 0 radical (unpaired) electrons. The standard InChI is InChI=1S/C16H17N3OS/c1-11-14-7-3-4-8-15(14)19(18-11)12(2)16(20)17-10-13-6-5-9-21-13/h3-9,12H,10H2,1-2H3,(H,17,20)/t12-/m1/s1. The molecule has 1 N–H and O–H groups in total. The Kier molecular flexibility index (Phi) is 3.75. The number of nitrogens with one attached hydrogen (secondary N) is 1. The molecular formula is C16H17N3OS. The summed E-state index contributed by atoms with van der Waals surface area (Å²) in [7, 11) is 0. The van der Waals surface area contributed by atoms with Crippen LogP contribution < -0.4 is 5.32 Å². The lowest BCUT2D eigenvalue weighted by atomic mass is 10.2. The maximum Gasteiger partial charge on any atom is 0.244 e. The van der Waals surface area contributed by atoms with Crippen molar-refractivity contribution in [2.45, 2.75) is 26.4 Å². The van der Waals surface area contributed by atoms with Gasteiger partial charge in [0.05, 0.1) is 17.8 Å². The fourth-order valence-corrected chi connectivity index (χ4v) is 3.03. The number of fused-ring (bicyclic) bond motifs is 1. The molecule has 21 heavy (non-hydrogen) atoms. The summed E-state index contributed by atoms with van der Waals surface area (Å²) >= 11 is 1.64. The number of amides is 1. The van der Waals surface area contributed by atoms with E-state index in [1.165, 1.54) is 0 Å².